The first-order valence-corrected chi connectivity index (χ1v) is 8.42. The van der Waals surface area contributed by atoms with Crippen LogP contribution in [0.4, 0.5) is 0 Å². The lowest BCUT2D eigenvalue weighted by atomic mass is 9.76. The number of benzene rings is 1. The van der Waals surface area contributed by atoms with Crippen molar-refractivity contribution in [2.24, 2.45) is 11.8 Å². The van der Waals surface area contributed by atoms with E-state index in [1.807, 2.05) is 6.20 Å². The molecular formula is C19H26N2. The maximum Gasteiger partial charge on any atom is 0.0704 e. The van der Waals surface area contributed by atoms with Gasteiger partial charge in [0.15, 0.2) is 0 Å². The molecule has 112 valence electrons. The van der Waals surface area contributed by atoms with Crippen molar-refractivity contribution in [1.82, 2.24) is 10.3 Å². The van der Waals surface area contributed by atoms with Gasteiger partial charge in [0.25, 0.3) is 0 Å². The van der Waals surface area contributed by atoms with E-state index in [2.05, 4.69) is 47.6 Å². The van der Waals surface area contributed by atoms with Gasteiger partial charge in [-0.2, -0.15) is 0 Å². The molecule has 21 heavy (non-hydrogen) atoms. The minimum atomic E-state index is 0.823. The minimum Gasteiger partial charge on any atom is -0.317 e. The van der Waals surface area contributed by atoms with Gasteiger partial charge in [0, 0.05) is 11.6 Å². The monoisotopic (exact) mass is 282 g/mol. The maximum atomic E-state index is 4.49. The molecule has 0 radical (unpaired) electrons. The first-order chi connectivity index (χ1) is 10.4. The number of nitrogens with zero attached hydrogens (tertiary/aromatic N) is 1. The molecule has 2 atom stereocenters. The van der Waals surface area contributed by atoms with Gasteiger partial charge in [-0.15, -0.1) is 0 Å². The number of hydrogen-bond donors (Lipinski definition) is 1. The van der Waals surface area contributed by atoms with Crippen molar-refractivity contribution in [3.8, 4) is 0 Å². The number of nitrogens with one attached hydrogen (secondary N) is 1. The van der Waals surface area contributed by atoms with E-state index in [-0.39, 0.29) is 0 Å². The van der Waals surface area contributed by atoms with Crippen LogP contribution < -0.4 is 5.32 Å². The number of aromatic nitrogens is 1. The van der Waals surface area contributed by atoms with E-state index in [9.17, 15) is 0 Å². The summed E-state index contributed by atoms with van der Waals surface area (Å²) in [4.78, 5) is 4.49. The largest absolute Gasteiger partial charge is 0.317 e. The Labute approximate surface area is 128 Å². The van der Waals surface area contributed by atoms with E-state index in [1.54, 1.807) is 0 Å². The summed E-state index contributed by atoms with van der Waals surface area (Å²) < 4.78 is 0. The highest BCUT2D eigenvalue weighted by atomic mass is 14.8. The molecule has 2 nitrogen and oxygen atoms in total. The molecule has 0 bridgehead atoms. The van der Waals surface area contributed by atoms with Gasteiger partial charge in [-0.25, -0.2) is 0 Å². The lowest BCUT2D eigenvalue weighted by Gasteiger charge is -2.32. The summed E-state index contributed by atoms with van der Waals surface area (Å²) in [6.45, 7) is 4.47. The van der Waals surface area contributed by atoms with Crippen molar-refractivity contribution < 1.29 is 0 Å². The SMILES string of the molecule is CCNCC1CCCCC1Cc1ccnc2ccccc12. The van der Waals surface area contributed by atoms with Gasteiger partial charge in [0.2, 0.25) is 0 Å². The standard InChI is InChI=1S/C19H26N2/c1-2-20-14-17-8-4-3-7-15(17)13-16-11-12-21-19-10-6-5-9-18(16)19/h5-6,9-12,15,17,20H,2-4,7-8,13-14H2,1H3. The number of fused-ring (bicyclic) bond motifs is 1. The van der Waals surface area contributed by atoms with Crippen LogP contribution in [0, 0.1) is 11.8 Å². The van der Waals surface area contributed by atoms with Crippen LogP contribution in [0.1, 0.15) is 38.2 Å². The van der Waals surface area contributed by atoms with E-state index >= 15 is 0 Å². The summed E-state index contributed by atoms with van der Waals surface area (Å²) in [5, 5.41) is 4.90. The van der Waals surface area contributed by atoms with Crippen molar-refractivity contribution in [1.29, 1.82) is 0 Å². The van der Waals surface area contributed by atoms with Crippen molar-refractivity contribution in [3.05, 3.63) is 42.1 Å². The van der Waals surface area contributed by atoms with E-state index in [0.717, 1.165) is 23.9 Å². The Balaban J connectivity index is 1.79. The summed E-state index contributed by atoms with van der Waals surface area (Å²) in [6.07, 6.45) is 8.76. The molecule has 0 amide bonds. The van der Waals surface area contributed by atoms with Gasteiger partial charge in [0.05, 0.1) is 5.52 Å². The third-order valence-electron chi connectivity index (χ3n) is 4.94. The fourth-order valence-electron chi connectivity index (χ4n) is 3.77. The molecule has 1 saturated carbocycles. The molecule has 0 aliphatic heterocycles. The van der Waals surface area contributed by atoms with Crippen LogP contribution >= 0.6 is 0 Å². The normalized spacial score (nSPS) is 22.5. The Kier molecular flexibility index (Phi) is 4.87. The third kappa shape index (κ3) is 3.44. The molecule has 1 aliphatic carbocycles. The smallest absolute Gasteiger partial charge is 0.0704 e. The van der Waals surface area contributed by atoms with Crippen LogP contribution in [0.25, 0.3) is 10.9 Å². The molecule has 2 unspecified atom stereocenters. The molecule has 1 fully saturated rings. The zero-order valence-corrected chi connectivity index (χ0v) is 13.0. The predicted molar refractivity (Wildman–Crippen MR) is 89.4 cm³/mol. The van der Waals surface area contributed by atoms with Crippen LogP contribution in [0.2, 0.25) is 0 Å². The molecule has 1 aliphatic rings. The molecule has 1 aromatic carbocycles. The molecule has 2 aromatic rings. The molecule has 1 aromatic heterocycles. The number of pyridine rings is 1. The van der Waals surface area contributed by atoms with Crippen molar-refractivity contribution in [2.45, 2.75) is 39.0 Å². The van der Waals surface area contributed by atoms with Crippen molar-refractivity contribution >= 4 is 10.9 Å². The van der Waals surface area contributed by atoms with Gasteiger partial charge >= 0.3 is 0 Å². The molecule has 2 heteroatoms. The second kappa shape index (κ2) is 7.04. The molecule has 0 saturated heterocycles. The van der Waals surface area contributed by atoms with Gasteiger partial charge in [-0.05, 0) is 61.9 Å². The first-order valence-electron chi connectivity index (χ1n) is 8.42. The van der Waals surface area contributed by atoms with Crippen LogP contribution in [-0.2, 0) is 6.42 Å². The average Bonchev–Trinajstić information content (AvgIpc) is 2.54. The fraction of sp³-hybridized carbons (Fsp3) is 0.526. The Bertz CT molecular complexity index is 573. The second-order valence-electron chi connectivity index (χ2n) is 6.30. The highest BCUT2D eigenvalue weighted by Crippen LogP contribution is 2.33. The lowest BCUT2D eigenvalue weighted by Crippen LogP contribution is -2.31. The van der Waals surface area contributed by atoms with E-state index in [4.69, 9.17) is 0 Å². The highest BCUT2D eigenvalue weighted by Gasteiger charge is 2.25. The van der Waals surface area contributed by atoms with Crippen LogP contribution in [0.15, 0.2) is 36.5 Å². The maximum absolute atomic E-state index is 4.49. The van der Waals surface area contributed by atoms with E-state index < -0.39 is 0 Å². The van der Waals surface area contributed by atoms with E-state index in [0.29, 0.717) is 0 Å². The third-order valence-corrected chi connectivity index (χ3v) is 4.94. The van der Waals surface area contributed by atoms with Crippen LogP contribution in [0.5, 0.6) is 0 Å². The molecule has 3 rings (SSSR count). The Hall–Kier alpha value is -1.41. The quantitative estimate of drug-likeness (QED) is 0.889. The molecule has 0 spiro atoms. The Morgan fingerprint density at radius 3 is 2.76 bits per heavy atom. The van der Waals surface area contributed by atoms with Crippen molar-refractivity contribution in [2.75, 3.05) is 13.1 Å². The molecule has 1 heterocycles. The first kappa shape index (κ1) is 14.5. The Morgan fingerprint density at radius 1 is 1.10 bits per heavy atom. The summed E-state index contributed by atoms with van der Waals surface area (Å²) in [5.41, 5.74) is 2.61. The molecule has 1 N–H and O–H groups in total. The van der Waals surface area contributed by atoms with E-state index in [1.165, 1.54) is 49.6 Å². The summed E-state index contributed by atoms with van der Waals surface area (Å²) in [5.74, 6) is 1.66. The summed E-state index contributed by atoms with van der Waals surface area (Å²) in [7, 11) is 0. The topological polar surface area (TPSA) is 24.9 Å². The number of hydrogen-bond acceptors (Lipinski definition) is 2. The average molecular weight is 282 g/mol. The molecular weight excluding hydrogens is 256 g/mol. The van der Waals surface area contributed by atoms with Gasteiger partial charge in [-0.3, -0.25) is 4.98 Å². The minimum absolute atomic E-state index is 0.823. The number of rotatable bonds is 5. The fourth-order valence-corrected chi connectivity index (χ4v) is 3.77. The highest BCUT2D eigenvalue weighted by molar-refractivity contribution is 5.81. The lowest BCUT2D eigenvalue weighted by molar-refractivity contribution is 0.230. The summed E-state index contributed by atoms with van der Waals surface area (Å²) >= 11 is 0. The van der Waals surface area contributed by atoms with Gasteiger partial charge < -0.3 is 5.32 Å². The summed E-state index contributed by atoms with van der Waals surface area (Å²) in [6, 6.07) is 10.8. The zero-order valence-electron chi connectivity index (χ0n) is 13.0. The predicted octanol–water partition coefficient (Wildman–Crippen LogP) is 4.19. The zero-order chi connectivity index (χ0) is 14.5. The van der Waals surface area contributed by atoms with Crippen LogP contribution in [0.3, 0.4) is 0 Å². The number of para-hydroxylation sites is 1. The second-order valence-corrected chi connectivity index (χ2v) is 6.30. The van der Waals surface area contributed by atoms with Gasteiger partial charge in [-0.1, -0.05) is 38.0 Å². The van der Waals surface area contributed by atoms with Crippen LogP contribution in [-0.4, -0.2) is 18.1 Å². The Morgan fingerprint density at radius 2 is 1.90 bits per heavy atom. The van der Waals surface area contributed by atoms with Gasteiger partial charge in [0.1, 0.15) is 0 Å². The van der Waals surface area contributed by atoms with Crippen molar-refractivity contribution in [3.63, 3.8) is 0 Å².